The fourth-order valence-corrected chi connectivity index (χ4v) is 12.7. The lowest BCUT2D eigenvalue weighted by molar-refractivity contribution is -0.193. The summed E-state index contributed by atoms with van der Waals surface area (Å²) in [7, 11) is 2.85. The predicted molar refractivity (Wildman–Crippen MR) is 337 cm³/mol. The summed E-state index contributed by atoms with van der Waals surface area (Å²) in [6.45, 7) is 11.5. The zero-order chi connectivity index (χ0) is 64.3. The Kier molecular flexibility index (Phi) is 19.3. The second-order valence-corrected chi connectivity index (χ2v) is 21.4. The van der Waals surface area contributed by atoms with Crippen LogP contribution < -0.4 is 0 Å². The first-order valence-electron chi connectivity index (χ1n) is 28.5. The van der Waals surface area contributed by atoms with Gasteiger partial charge in [0.25, 0.3) is 0 Å². The Morgan fingerprint density at radius 1 is 0.356 bits per heavy atom. The van der Waals surface area contributed by atoms with Crippen LogP contribution in [0.1, 0.15) is 177 Å². The molecule has 0 amide bonds. The number of allylic oxidation sites excluding steroid dienone is 2. The number of ketones is 3. The quantitative estimate of drug-likeness (QED) is 0.0643. The molecule has 0 heterocycles. The summed E-state index contributed by atoms with van der Waals surface area (Å²) < 4.78 is 10.5. The van der Waals surface area contributed by atoms with Crippen LogP contribution in [0.15, 0.2) is 192 Å². The second kappa shape index (κ2) is 27.7. The molecule has 4 unspecified atom stereocenters. The van der Waals surface area contributed by atoms with Crippen LogP contribution in [-0.4, -0.2) is 55.8 Å². The van der Waals surface area contributed by atoms with Gasteiger partial charge in [0.1, 0.15) is 0 Å². The van der Waals surface area contributed by atoms with Crippen molar-refractivity contribution in [1.29, 1.82) is 0 Å². The molecule has 11 nitrogen and oxygen atoms in total. The number of carbonyl (C=O) groups excluding carboxylic acids is 9. The van der Waals surface area contributed by atoms with Crippen LogP contribution in [0.3, 0.4) is 0 Å². The summed E-state index contributed by atoms with van der Waals surface area (Å²) in [6, 6.07) is 53.5. The van der Waals surface area contributed by atoms with E-state index in [2.05, 4.69) is 71.6 Å². The lowest BCUT2D eigenvalue weighted by Crippen LogP contribution is -2.32. The lowest BCUT2D eigenvalue weighted by atomic mass is 9.59. The van der Waals surface area contributed by atoms with Crippen molar-refractivity contribution in [3.05, 3.63) is 303 Å². The molecule has 0 spiro atoms. The molecule has 0 aromatic heterocycles. The average Bonchev–Trinajstić information content (AvgIpc) is 0.708. The largest absolute Gasteiger partial charge is 0.466 e. The molecule has 8 aromatic rings. The van der Waals surface area contributed by atoms with E-state index in [0.29, 0.717) is 39.0 Å². The Morgan fingerprint density at radius 3 is 1.04 bits per heavy atom. The monoisotopic (exact) mass is 1180 g/mol. The zero-order valence-electron chi connectivity index (χ0n) is 50.5. The van der Waals surface area contributed by atoms with Gasteiger partial charge in [-0.25, -0.2) is 9.59 Å². The smallest absolute Gasteiger partial charge is 0.373 e. The summed E-state index contributed by atoms with van der Waals surface area (Å²) >= 11 is 0. The third-order valence-electron chi connectivity index (χ3n) is 16.3. The SMILES string of the molecule is CC#Cc1ccc(C#Cc2cccc(C(=O)C(=O)c3cccc(C)c3)c2)c2c1C1C(C(=O)OC)=C(C)C2c2ccccc21.CC#Cc1ccc(C#Cc2cccc(C(=O)c3cccc(C)c3)c2)c2c1C1C(C(=O)OC)=C(C)C2c2ccccc21.O=C=O.O=C=O. The van der Waals surface area contributed by atoms with Crippen LogP contribution >= 0.6 is 0 Å². The molecule has 0 saturated heterocycles. The van der Waals surface area contributed by atoms with Crippen molar-refractivity contribution in [3.8, 4) is 47.4 Å². The van der Waals surface area contributed by atoms with E-state index in [4.69, 9.17) is 28.7 Å². The molecule has 14 rings (SSSR count). The van der Waals surface area contributed by atoms with Crippen molar-refractivity contribution in [2.45, 2.75) is 65.2 Å². The maximum absolute atomic E-state index is 13.2. The van der Waals surface area contributed by atoms with Gasteiger partial charge in [-0.15, -0.1) is 11.8 Å². The minimum atomic E-state index is -0.570. The normalized spacial score (nSPS) is 15.0. The fraction of sp³-hybridized carbons (Fsp3) is 0.152. The van der Waals surface area contributed by atoms with E-state index >= 15 is 0 Å². The first-order chi connectivity index (χ1) is 43.6. The molecule has 8 aromatic carbocycles. The molecule has 90 heavy (non-hydrogen) atoms. The molecule has 4 bridgehead atoms. The van der Waals surface area contributed by atoms with Gasteiger partial charge in [-0.3, -0.25) is 14.4 Å². The van der Waals surface area contributed by atoms with Crippen molar-refractivity contribution in [1.82, 2.24) is 0 Å². The van der Waals surface area contributed by atoms with Crippen LogP contribution in [0, 0.1) is 61.2 Å². The van der Waals surface area contributed by atoms with Crippen LogP contribution in [0.25, 0.3) is 0 Å². The van der Waals surface area contributed by atoms with E-state index in [-0.39, 0.29) is 53.7 Å². The zero-order valence-corrected chi connectivity index (χ0v) is 50.5. The highest BCUT2D eigenvalue weighted by Gasteiger charge is 2.48. The number of esters is 2. The number of methoxy groups -OCH3 is 2. The van der Waals surface area contributed by atoms with Gasteiger partial charge >= 0.3 is 24.2 Å². The highest BCUT2D eigenvalue weighted by Crippen LogP contribution is 2.59. The molecule has 0 radical (unpaired) electrons. The van der Waals surface area contributed by atoms with Crippen LogP contribution in [0.2, 0.25) is 0 Å². The number of ether oxygens (including phenoxy) is 2. The van der Waals surface area contributed by atoms with Gasteiger partial charge in [-0.2, -0.15) is 19.2 Å². The summed E-state index contributed by atoms with van der Waals surface area (Å²) in [5.41, 5.74) is 20.8. The van der Waals surface area contributed by atoms with E-state index in [9.17, 15) is 24.0 Å². The molecule has 6 aliphatic rings. The van der Waals surface area contributed by atoms with Gasteiger partial charge in [0.2, 0.25) is 11.6 Å². The lowest BCUT2D eigenvalue weighted by Gasteiger charge is -2.43. The minimum Gasteiger partial charge on any atom is -0.466 e. The maximum Gasteiger partial charge on any atom is 0.373 e. The number of hydrogen-bond donors (Lipinski definition) is 0. The van der Waals surface area contributed by atoms with Crippen LogP contribution in [0.5, 0.6) is 0 Å². The Morgan fingerprint density at radius 2 is 0.667 bits per heavy atom. The predicted octanol–water partition coefficient (Wildman–Crippen LogP) is 12.8. The average molecular weight is 1180 g/mol. The van der Waals surface area contributed by atoms with E-state index in [1.165, 1.54) is 19.8 Å². The van der Waals surface area contributed by atoms with Gasteiger partial charge in [-0.05, 0) is 158 Å². The summed E-state index contributed by atoms with van der Waals surface area (Å²) in [5.74, 6) is 23.3. The Bertz CT molecular complexity index is 4720. The maximum atomic E-state index is 13.2. The topological polar surface area (TPSA) is 172 Å². The van der Waals surface area contributed by atoms with Gasteiger partial charge in [0, 0.05) is 90.5 Å². The third kappa shape index (κ3) is 12.2. The van der Waals surface area contributed by atoms with Crippen LogP contribution in [-0.2, 0) is 38.2 Å². The molecule has 6 aliphatic carbocycles. The van der Waals surface area contributed by atoms with E-state index in [1.54, 1.807) is 43.3 Å². The number of rotatable bonds is 7. The first kappa shape index (κ1) is 62.7. The van der Waals surface area contributed by atoms with Crippen LogP contribution in [0.4, 0.5) is 0 Å². The summed E-state index contributed by atoms with van der Waals surface area (Å²) in [5, 5.41) is 0. The first-order valence-corrected chi connectivity index (χ1v) is 28.5. The van der Waals surface area contributed by atoms with Gasteiger partial charge < -0.3 is 9.47 Å². The van der Waals surface area contributed by atoms with Crippen molar-refractivity contribution < 1.29 is 52.6 Å². The Labute approximate surface area is 521 Å². The Balaban J connectivity index is 0.000000197. The highest BCUT2D eigenvalue weighted by atomic mass is 16.5. The van der Waals surface area contributed by atoms with Gasteiger partial charge in [0.05, 0.1) is 14.2 Å². The number of hydrogen-bond acceptors (Lipinski definition) is 11. The number of carbonyl (C=O) groups is 5. The third-order valence-corrected chi connectivity index (χ3v) is 16.3. The van der Waals surface area contributed by atoms with Gasteiger partial charge in [0.15, 0.2) is 5.78 Å². The van der Waals surface area contributed by atoms with Gasteiger partial charge in [-0.1, -0.05) is 156 Å². The minimum absolute atomic E-state index is 0.0257. The van der Waals surface area contributed by atoms with Crippen molar-refractivity contribution in [2.75, 3.05) is 14.2 Å². The van der Waals surface area contributed by atoms with E-state index < -0.39 is 11.6 Å². The standard InChI is InChI=1S/C39H28O4.C38H28O3.2CO2/c1-5-10-26-19-20-27(18-17-25-12-9-14-29(22-25)38(41)37(40)28-13-8-11-23(2)21-28)34-32-24(3)33(39(42)43-4)36(35(26)34)31-16-7-6-15-30(31)32;1-5-10-26-19-20-27(18-17-25-12-9-14-29(22-25)37(39)28-13-8-11-23(2)21-28)34-32-24(3)33(38(40)41-4)36(35(26)34)31-16-7-6-15-30(31)32;2*2-1-3/h6-9,11-16,19-22,32,36H,1-4H3;6-9,11-16,19-22,32,36H,1-4H3;;. The molecule has 0 N–H and O–H groups in total. The molecular formula is C79H56O11. The highest BCUT2D eigenvalue weighted by molar-refractivity contribution is 6.49. The molecule has 438 valence electrons. The molecule has 0 fully saturated rings. The van der Waals surface area contributed by atoms with Crippen molar-refractivity contribution in [2.24, 2.45) is 0 Å². The fourth-order valence-electron chi connectivity index (χ4n) is 12.7. The van der Waals surface area contributed by atoms with E-state index in [0.717, 1.165) is 89.0 Å². The Hall–Kier alpha value is -11.8. The second-order valence-electron chi connectivity index (χ2n) is 21.4. The van der Waals surface area contributed by atoms with Crippen molar-refractivity contribution >= 4 is 41.6 Å². The molecule has 0 aliphatic heterocycles. The molecule has 0 saturated carbocycles. The number of Topliss-reactive ketones (excluding diaryl/α,β-unsaturated/α-hetero) is 2. The van der Waals surface area contributed by atoms with E-state index in [1.807, 2.05) is 144 Å². The van der Waals surface area contributed by atoms with Crippen molar-refractivity contribution in [3.63, 3.8) is 0 Å². The molecule has 11 heteroatoms. The molecule has 4 atom stereocenters. The number of aryl methyl sites for hydroxylation is 2. The number of benzene rings is 8. The molecular weight excluding hydrogens is 1120 g/mol. The summed E-state index contributed by atoms with van der Waals surface area (Å²) in [4.78, 5) is 97.8. The summed E-state index contributed by atoms with van der Waals surface area (Å²) in [6.07, 6.45) is 0.500.